The zero-order chi connectivity index (χ0) is 27.1. The van der Waals surface area contributed by atoms with Crippen molar-refractivity contribution in [2.45, 2.75) is 49.9 Å². The summed E-state index contributed by atoms with van der Waals surface area (Å²) in [5, 5.41) is 7.80. The molecule has 3 heterocycles. The number of carbonyl (C=O) groups excluding carboxylic acids is 4. The number of ether oxygens (including phenoxy) is 1. The van der Waals surface area contributed by atoms with Gasteiger partial charge >= 0.3 is 0 Å². The van der Waals surface area contributed by atoms with Gasteiger partial charge in [0.15, 0.2) is 16.8 Å². The van der Waals surface area contributed by atoms with Crippen LogP contribution in [0.3, 0.4) is 0 Å². The van der Waals surface area contributed by atoms with Gasteiger partial charge in [-0.15, -0.1) is 11.3 Å². The third-order valence-corrected chi connectivity index (χ3v) is 7.36. The van der Waals surface area contributed by atoms with E-state index in [2.05, 4.69) is 20.6 Å². The zero-order valence-electron chi connectivity index (χ0n) is 20.7. The molecule has 0 bridgehead atoms. The number of piperazine rings is 1. The number of nitrogens with zero attached hydrogens (tertiary/aromatic N) is 3. The highest BCUT2D eigenvalue weighted by Gasteiger charge is 2.49. The number of guanidine groups is 1. The van der Waals surface area contributed by atoms with Gasteiger partial charge in [-0.2, -0.15) is 0 Å². The summed E-state index contributed by atoms with van der Waals surface area (Å²) in [4.78, 5) is 61.8. The van der Waals surface area contributed by atoms with Crippen LogP contribution < -0.4 is 26.8 Å². The van der Waals surface area contributed by atoms with Gasteiger partial charge in [0.05, 0.1) is 24.7 Å². The molecule has 1 aromatic heterocycles. The highest BCUT2D eigenvalue weighted by molar-refractivity contribution is 7.11. The molecule has 2 saturated heterocycles. The smallest absolute Gasteiger partial charge is 0.243 e. The van der Waals surface area contributed by atoms with Crippen molar-refractivity contribution < 1.29 is 23.9 Å². The second-order valence-corrected chi connectivity index (χ2v) is 9.99. The molecule has 4 unspecified atom stereocenters. The summed E-state index contributed by atoms with van der Waals surface area (Å²) in [6, 6.07) is 6.22. The normalized spacial score (nSPS) is 21.3. The molecule has 2 aliphatic rings. The maximum Gasteiger partial charge on any atom is 0.243 e. The number of nitrogens with two attached hydrogens (primary N) is 2. The van der Waals surface area contributed by atoms with Crippen LogP contribution in [0.25, 0.3) is 0 Å². The van der Waals surface area contributed by atoms with Crippen LogP contribution in [-0.4, -0.2) is 83.1 Å². The molecule has 0 saturated carbocycles. The average Bonchev–Trinajstić information content (AvgIpc) is 3.61. The summed E-state index contributed by atoms with van der Waals surface area (Å²) in [5.41, 5.74) is 10.7. The van der Waals surface area contributed by atoms with Gasteiger partial charge < -0.3 is 26.4 Å². The van der Waals surface area contributed by atoms with Crippen molar-refractivity contribution in [3.05, 3.63) is 46.9 Å². The number of rotatable bonds is 12. The molecule has 13 heteroatoms. The molecule has 2 aliphatic heterocycles. The van der Waals surface area contributed by atoms with Crippen LogP contribution in [0.1, 0.15) is 35.5 Å². The van der Waals surface area contributed by atoms with Crippen molar-refractivity contribution in [3.8, 4) is 5.75 Å². The predicted octanol–water partition coefficient (Wildman–Crippen LogP) is -0.156. The predicted molar refractivity (Wildman–Crippen MR) is 141 cm³/mol. The fourth-order valence-corrected chi connectivity index (χ4v) is 5.46. The number of hydrogen-bond acceptors (Lipinski definition) is 9. The fourth-order valence-electron chi connectivity index (χ4n) is 4.83. The molecule has 0 aliphatic carbocycles. The van der Waals surface area contributed by atoms with Crippen molar-refractivity contribution in [1.82, 2.24) is 20.5 Å². The molecule has 2 amide bonds. The van der Waals surface area contributed by atoms with Gasteiger partial charge in [-0.3, -0.25) is 29.5 Å². The Morgan fingerprint density at radius 3 is 2.74 bits per heavy atom. The van der Waals surface area contributed by atoms with E-state index in [1.54, 1.807) is 17.5 Å². The van der Waals surface area contributed by atoms with Crippen LogP contribution in [-0.2, 0) is 14.4 Å². The number of nitrogens with one attached hydrogen (secondary N) is 2. The van der Waals surface area contributed by atoms with Gasteiger partial charge in [0.2, 0.25) is 17.6 Å². The Labute approximate surface area is 223 Å². The minimum absolute atomic E-state index is 0.0516. The molecular formula is C25H31N7O5S. The van der Waals surface area contributed by atoms with Gasteiger partial charge in [0.25, 0.3) is 0 Å². The number of fused-ring (bicyclic) bond motifs is 1. The van der Waals surface area contributed by atoms with Gasteiger partial charge in [-0.05, 0) is 37.8 Å². The number of para-hydroxylation sites is 1. The zero-order valence-corrected chi connectivity index (χ0v) is 21.6. The van der Waals surface area contributed by atoms with Crippen LogP contribution in [0, 0.1) is 0 Å². The molecule has 0 spiro atoms. The minimum atomic E-state index is -0.850. The van der Waals surface area contributed by atoms with E-state index in [-0.39, 0.29) is 41.6 Å². The van der Waals surface area contributed by atoms with E-state index in [1.165, 1.54) is 22.4 Å². The quantitative estimate of drug-likeness (QED) is 0.123. The van der Waals surface area contributed by atoms with Gasteiger partial charge in [0, 0.05) is 18.1 Å². The molecule has 2 fully saturated rings. The monoisotopic (exact) mass is 541 g/mol. The second kappa shape index (κ2) is 12.6. The molecular weight excluding hydrogens is 510 g/mol. The lowest BCUT2D eigenvalue weighted by molar-refractivity contribution is -0.145. The topological polar surface area (TPSA) is 182 Å². The Kier molecular flexibility index (Phi) is 9.02. The van der Waals surface area contributed by atoms with Crippen molar-refractivity contribution >= 4 is 40.7 Å². The summed E-state index contributed by atoms with van der Waals surface area (Å²) in [6.45, 7) is 0.0791. The average molecular weight is 542 g/mol. The molecule has 0 radical (unpaired) electrons. The molecule has 1 aromatic carbocycles. The first-order valence-electron chi connectivity index (χ1n) is 12.4. The number of aliphatic imine (C=N–C) groups is 1. The van der Waals surface area contributed by atoms with E-state index in [1.807, 2.05) is 18.2 Å². The van der Waals surface area contributed by atoms with E-state index in [0.29, 0.717) is 38.0 Å². The number of aromatic nitrogens is 1. The Balaban J connectivity index is 1.41. The molecule has 4 rings (SSSR count). The van der Waals surface area contributed by atoms with E-state index < -0.39 is 30.1 Å². The summed E-state index contributed by atoms with van der Waals surface area (Å²) in [6.07, 6.45) is 3.12. The standard InChI is InChI=1S/C25H31N7O5S/c26-25(27)29-10-4-7-16(22(35)24-28-11-12-38-24)31-23(36)18-9-8-17-21(30-13-20(34)32(17)18)19(33)14-37-15-5-2-1-3-6-15/h1-3,5-6,11-12,16-18,21,30H,4,7-10,13-14H2,(H,31,36)(H4,26,27,29). The molecule has 6 N–H and O–H groups in total. The highest BCUT2D eigenvalue weighted by atomic mass is 32.1. The highest BCUT2D eigenvalue weighted by Crippen LogP contribution is 2.30. The summed E-state index contributed by atoms with van der Waals surface area (Å²) < 4.78 is 5.61. The minimum Gasteiger partial charge on any atom is -0.486 e. The van der Waals surface area contributed by atoms with Crippen LogP contribution in [0.4, 0.5) is 0 Å². The molecule has 202 valence electrons. The second-order valence-electron chi connectivity index (χ2n) is 9.10. The molecule has 4 atom stereocenters. The van der Waals surface area contributed by atoms with E-state index in [9.17, 15) is 19.2 Å². The number of ketones is 2. The molecule has 38 heavy (non-hydrogen) atoms. The maximum absolute atomic E-state index is 13.4. The lowest BCUT2D eigenvalue weighted by Crippen LogP contribution is -2.65. The maximum atomic E-state index is 13.4. The summed E-state index contributed by atoms with van der Waals surface area (Å²) >= 11 is 1.19. The lowest BCUT2D eigenvalue weighted by Gasteiger charge is -2.39. The Morgan fingerprint density at radius 2 is 2.03 bits per heavy atom. The van der Waals surface area contributed by atoms with Gasteiger partial charge in [0.1, 0.15) is 18.4 Å². The first-order valence-corrected chi connectivity index (χ1v) is 13.3. The lowest BCUT2D eigenvalue weighted by atomic mass is 9.99. The van der Waals surface area contributed by atoms with Gasteiger partial charge in [-0.1, -0.05) is 18.2 Å². The third kappa shape index (κ3) is 6.53. The molecule has 2 aromatic rings. The first kappa shape index (κ1) is 27.2. The van der Waals surface area contributed by atoms with Crippen molar-refractivity contribution in [2.75, 3.05) is 19.7 Å². The largest absolute Gasteiger partial charge is 0.486 e. The van der Waals surface area contributed by atoms with Crippen LogP contribution >= 0.6 is 11.3 Å². The number of thiazole rings is 1. The number of Topliss-reactive ketones (excluding diaryl/α,β-unsaturated/α-hetero) is 2. The van der Waals surface area contributed by atoms with Crippen LogP contribution in [0.5, 0.6) is 5.75 Å². The number of hydrogen-bond donors (Lipinski definition) is 4. The first-order chi connectivity index (χ1) is 18.3. The van der Waals surface area contributed by atoms with Crippen molar-refractivity contribution in [2.24, 2.45) is 16.5 Å². The SMILES string of the molecule is NC(N)=NCCCC(NC(=O)C1CCC2C(C(=O)COc3ccccc3)NCC(=O)N12)C(=O)c1nccs1. The Bertz CT molecular complexity index is 1170. The Morgan fingerprint density at radius 1 is 1.24 bits per heavy atom. The van der Waals surface area contributed by atoms with E-state index in [4.69, 9.17) is 16.2 Å². The molecule has 12 nitrogen and oxygen atoms in total. The van der Waals surface area contributed by atoms with Crippen molar-refractivity contribution in [3.63, 3.8) is 0 Å². The number of amides is 2. The third-order valence-electron chi connectivity index (χ3n) is 6.57. The Hall–Kier alpha value is -3.84. The van der Waals surface area contributed by atoms with Crippen LogP contribution in [0.2, 0.25) is 0 Å². The summed E-state index contributed by atoms with van der Waals surface area (Å²) in [7, 11) is 0. The van der Waals surface area contributed by atoms with Crippen LogP contribution in [0.15, 0.2) is 46.9 Å². The fraction of sp³-hybridized carbons (Fsp3) is 0.440. The van der Waals surface area contributed by atoms with E-state index in [0.717, 1.165) is 0 Å². The number of benzene rings is 1. The summed E-state index contributed by atoms with van der Waals surface area (Å²) in [5.74, 6) is -0.699. The van der Waals surface area contributed by atoms with Crippen molar-refractivity contribution in [1.29, 1.82) is 0 Å². The number of carbonyl (C=O) groups is 4. The van der Waals surface area contributed by atoms with E-state index >= 15 is 0 Å². The van der Waals surface area contributed by atoms with Gasteiger partial charge in [-0.25, -0.2) is 4.98 Å².